The molecule has 1 N–H and O–H groups in total. The molecule has 0 unspecified atom stereocenters. The monoisotopic (exact) mass is 169 g/mol. The lowest BCUT2D eigenvalue weighted by molar-refractivity contribution is 0.501. The molecule has 0 aromatic carbocycles. The molecule has 0 saturated carbocycles. The minimum atomic E-state index is 1.02. The Balaban J connectivity index is 2.04. The third-order valence-corrected chi connectivity index (χ3v) is 2.68. The standard InChI is InChI=1S/C7H11N3S/c1-2-11-10-4-6-3-8-9-7(6)5-10/h3H,2,4-5H2,1H3,(H,8,9). The molecule has 60 valence electrons. The Labute approximate surface area is 70.3 Å². The third kappa shape index (κ3) is 1.28. The third-order valence-electron chi connectivity index (χ3n) is 1.80. The molecule has 0 saturated heterocycles. The van der Waals surface area contributed by atoms with Gasteiger partial charge in [0.25, 0.3) is 0 Å². The summed E-state index contributed by atoms with van der Waals surface area (Å²) in [4.78, 5) is 0. The zero-order chi connectivity index (χ0) is 7.68. The molecule has 0 radical (unpaired) electrons. The summed E-state index contributed by atoms with van der Waals surface area (Å²) in [6, 6.07) is 0. The number of aromatic nitrogens is 2. The smallest absolute Gasteiger partial charge is 0.0547 e. The summed E-state index contributed by atoms with van der Waals surface area (Å²) >= 11 is 1.89. The molecule has 11 heavy (non-hydrogen) atoms. The van der Waals surface area contributed by atoms with E-state index in [0.29, 0.717) is 0 Å². The van der Waals surface area contributed by atoms with Gasteiger partial charge in [-0.15, -0.1) is 0 Å². The van der Waals surface area contributed by atoms with Gasteiger partial charge in [0.2, 0.25) is 0 Å². The van der Waals surface area contributed by atoms with Crippen molar-refractivity contribution in [1.29, 1.82) is 0 Å². The van der Waals surface area contributed by atoms with Crippen LogP contribution in [-0.4, -0.2) is 20.3 Å². The van der Waals surface area contributed by atoms with E-state index in [4.69, 9.17) is 0 Å². The van der Waals surface area contributed by atoms with Crippen LogP contribution >= 0.6 is 11.9 Å². The number of hydrogen-bond acceptors (Lipinski definition) is 3. The van der Waals surface area contributed by atoms with Gasteiger partial charge in [0, 0.05) is 17.9 Å². The van der Waals surface area contributed by atoms with E-state index in [1.54, 1.807) is 0 Å². The Morgan fingerprint density at radius 1 is 1.73 bits per heavy atom. The van der Waals surface area contributed by atoms with Crippen molar-refractivity contribution in [3.8, 4) is 0 Å². The molecule has 0 atom stereocenters. The second kappa shape index (κ2) is 2.87. The Hall–Kier alpha value is -0.480. The molecule has 2 rings (SSSR count). The molecule has 3 nitrogen and oxygen atoms in total. The quantitative estimate of drug-likeness (QED) is 0.679. The highest BCUT2D eigenvalue weighted by molar-refractivity contribution is 7.96. The van der Waals surface area contributed by atoms with E-state index in [9.17, 15) is 0 Å². The Kier molecular flexibility index (Phi) is 1.87. The molecule has 0 aliphatic carbocycles. The summed E-state index contributed by atoms with van der Waals surface area (Å²) in [6.45, 7) is 4.24. The first-order valence-electron chi connectivity index (χ1n) is 3.79. The first-order valence-corrected chi connectivity index (χ1v) is 4.73. The van der Waals surface area contributed by atoms with Crippen molar-refractivity contribution in [2.45, 2.75) is 20.0 Å². The van der Waals surface area contributed by atoms with Crippen LogP contribution in [0, 0.1) is 0 Å². The number of nitrogens with one attached hydrogen (secondary N) is 1. The van der Waals surface area contributed by atoms with Gasteiger partial charge >= 0.3 is 0 Å². The number of rotatable bonds is 2. The molecule has 0 spiro atoms. The van der Waals surface area contributed by atoms with Crippen LogP contribution in [0.5, 0.6) is 0 Å². The van der Waals surface area contributed by atoms with Crippen molar-refractivity contribution in [3.05, 3.63) is 17.5 Å². The molecular formula is C7H11N3S. The number of H-pyrrole nitrogens is 1. The fourth-order valence-electron chi connectivity index (χ4n) is 1.31. The second-order valence-corrected chi connectivity index (χ2v) is 3.94. The van der Waals surface area contributed by atoms with Crippen LogP contribution in [0.3, 0.4) is 0 Å². The summed E-state index contributed by atoms with van der Waals surface area (Å²) in [5.41, 5.74) is 2.64. The zero-order valence-corrected chi connectivity index (χ0v) is 7.32. The van der Waals surface area contributed by atoms with Gasteiger partial charge in [-0.05, 0) is 0 Å². The SMILES string of the molecule is CCSN1Cc2cn[nH]c2C1. The summed E-state index contributed by atoms with van der Waals surface area (Å²) in [7, 11) is 0. The van der Waals surface area contributed by atoms with Gasteiger partial charge < -0.3 is 0 Å². The number of hydrogen-bond donors (Lipinski definition) is 1. The second-order valence-electron chi connectivity index (χ2n) is 2.59. The van der Waals surface area contributed by atoms with Gasteiger partial charge in [0.05, 0.1) is 18.4 Å². The van der Waals surface area contributed by atoms with Crippen LogP contribution < -0.4 is 0 Å². The van der Waals surface area contributed by atoms with Crippen LogP contribution in [0.2, 0.25) is 0 Å². The van der Waals surface area contributed by atoms with Crippen molar-refractivity contribution < 1.29 is 0 Å². The zero-order valence-electron chi connectivity index (χ0n) is 6.50. The van der Waals surface area contributed by atoms with Crippen LogP contribution in [0.4, 0.5) is 0 Å². The van der Waals surface area contributed by atoms with Gasteiger partial charge in [-0.25, -0.2) is 4.31 Å². The summed E-state index contributed by atoms with van der Waals surface area (Å²) in [5, 5.41) is 6.98. The highest BCUT2D eigenvalue weighted by Gasteiger charge is 2.19. The van der Waals surface area contributed by atoms with E-state index in [1.165, 1.54) is 11.3 Å². The minimum absolute atomic E-state index is 1.02. The Morgan fingerprint density at radius 2 is 2.64 bits per heavy atom. The van der Waals surface area contributed by atoms with Crippen LogP contribution in [0.15, 0.2) is 6.20 Å². The first-order chi connectivity index (χ1) is 5.40. The molecule has 0 fully saturated rings. The molecule has 1 aromatic heterocycles. The normalized spacial score (nSPS) is 17.2. The largest absolute Gasteiger partial charge is 0.281 e. The molecule has 0 bridgehead atoms. The average Bonchev–Trinajstić information content (AvgIpc) is 2.46. The van der Waals surface area contributed by atoms with Gasteiger partial charge in [-0.3, -0.25) is 5.10 Å². The van der Waals surface area contributed by atoms with E-state index in [2.05, 4.69) is 21.4 Å². The van der Waals surface area contributed by atoms with E-state index in [-0.39, 0.29) is 0 Å². The molecular weight excluding hydrogens is 158 g/mol. The lowest BCUT2D eigenvalue weighted by atomic mass is 10.3. The van der Waals surface area contributed by atoms with Crippen molar-refractivity contribution in [2.24, 2.45) is 0 Å². The molecule has 1 aromatic rings. The van der Waals surface area contributed by atoms with Crippen molar-refractivity contribution in [1.82, 2.24) is 14.5 Å². The molecule has 2 heterocycles. The van der Waals surface area contributed by atoms with Gasteiger partial charge in [-0.1, -0.05) is 18.9 Å². The van der Waals surface area contributed by atoms with E-state index >= 15 is 0 Å². The fraction of sp³-hybridized carbons (Fsp3) is 0.571. The summed E-state index contributed by atoms with van der Waals surface area (Å²) < 4.78 is 2.35. The van der Waals surface area contributed by atoms with Crippen LogP contribution in [0.1, 0.15) is 18.2 Å². The summed E-state index contributed by atoms with van der Waals surface area (Å²) in [5.74, 6) is 1.15. The Morgan fingerprint density at radius 3 is 3.36 bits per heavy atom. The lowest BCUT2D eigenvalue weighted by Gasteiger charge is -2.10. The summed E-state index contributed by atoms with van der Waals surface area (Å²) in [6.07, 6.45) is 1.92. The van der Waals surface area contributed by atoms with E-state index in [0.717, 1.165) is 18.8 Å². The molecule has 0 amide bonds. The Bertz CT molecular complexity index is 225. The predicted octanol–water partition coefficient (Wildman–Crippen LogP) is 1.39. The maximum atomic E-state index is 3.98. The lowest BCUT2D eigenvalue weighted by Crippen LogP contribution is -2.06. The molecule has 1 aliphatic rings. The average molecular weight is 169 g/mol. The number of nitrogens with zero attached hydrogens (tertiary/aromatic N) is 2. The predicted molar refractivity (Wildman–Crippen MR) is 46.0 cm³/mol. The van der Waals surface area contributed by atoms with Crippen LogP contribution in [0.25, 0.3) is 0 Å². The van der Waals surface area contributed by atoms with Crippen molar-refractivity contribution >= 4 is 11.9 Å². The van der Waals surface area contributed by atoms with Crippen molar-refractivity contribution in [2.75, 3.05) is 5.75 Å². The maximum Gasteiger partial charge on any atom is 0.0547 e. The number of aromatic amines is 1. The van der Waals surface area contributed by atoms with Gasteiger partial charge in [0.1, 0.15) is 0 Å². The first kappa shape index (κ1) is 7.18. The molecule has 1 aliphatic heterocycles. The minimum Gasteiger partial charge on any atom is -0.281 e. The molecule has 4 heteroatoms. The van der Waals surface area contributed by atoms with Crippen molar-refractivity contribution in [3.63, 3.8) is 0 Å². The highest BCUT2D eigenvalue weighted by Crippen LogP contribution is 2.25. The van der Waals surface area contributed by atoms with Gasteiger partial charge in [0.15, 0.2) is 0 Å². The van der Waals surface area contributed by atoms with Crippen LogP contribution in [-0.2, 0) is 13.1 Å². The highest BCUT2D eigenvalue weighted by atomic mass is 32.2. The van der Waals surface area contributed by atoms with E-state index < -0.39 is 0 Å². The van der Waals surface area contributed by atoms with Gasteiger partial charge in [-0.2, -0.15) is 5.10 Å². The maximum absolute atomic E-state index is 3.98. The van der Waals surface area contributed by atoms with E-state index in [1.807, 2.05) is 18.1 Å². The number of fused-ring (bicyclic) bond motifs is 1. The topological polar surface area (TPSA) is 31.9 Å². The fourth-order valence-corrected chi connectivity index (χ4v) is 2.12.